The molecule has 0 saturated carbocycles. The zero-order valence-corrected chi connectivity index (χ0v) is 18.8. The Bertz CT molecular complexity index is 724. The summed E-state index contributed by atoms with van der Waals surface area (Å²) in [5.74, 6) is -0.562. The summed E-state index contributed by atoms with van der Waals surface area (Å²) < 4.78 is 0. The number of hydrogen-bond acceptors (Lipinski definition) is 4. The van der Waals surface area contributed by atoms with Crippen LogP contribution in [0.4, 0.5) is 0 Å². The topological polar surface area (TPSA) is 90.5 Å². The van der Waals surface area contributed by atoms with Crippen molar-refractivity contribution in [1.29, 1.82) is 0 Å². The van der Waals surface area contributed by atoms with Crippen molar-refractivity contribution in [2.75, 3.05) is 13.6 Å². The molecule has 3 N–H and O–H groups in total. The molecule has 1 fully saturated rings. The number of rotatable bonds is 9. The van der Waals surface area contributed by atoms with Gasteiger partial charge >= 0.3 is 0 Å². The number of benzene rings is 1. The molecule has 7 heteroatoms. The third-order valence-electron chi connectivity index (χ3n) is 6.10. The summed E-state index contributed by atoms with van der Waals surface area (Å²) in [6, 6.07) is 8.08. The van der Waals surface area contributed by atoms with E-state index in [1.54, 1.807) is 18.9 Å². The SMILES string of the molecule is CC[C@@H](C)[C@H](NC(=O)[C@H](C)NC)C(=O)N1CCC[C@H]1C(=O)N[C@H](C)c1ccccc1. The van der Waals surface area contributed by atoms with Crippen LogP contribution in [0.15, 0.2) is 30.3 Å². The number of nitrogens with zero attached hydrogens (tertiary/aromatic N) is 1. The van der Waals surface area contributed by atoms with E-state index in [1.807, 2.05) is 51.1 Å². The first-order valence-electron chi connectivity index (χ1n) is 10.9. The highest BCUT2D eigenvalue weighted by atomic mass is 16.2. The Morgan fingerprint density at radius 3 is 2.37 bits per heavy atom. The molecule has 2 rings (SSSR count). The van der Waals surface area contributed by atoms with Gasteiger partial charge in [0.05, 0.1) is 12.1 Å². The smallest absolute Gasteiger partial charge is 0.246 e. The predicted octanol–water partition coefficient (Wildman–Crippen LogP) is 1.99. The van der Waals surface area contributed by atoms with E-state index in [0.717, 1.165) is 18.4 Å². The van der Waals surface area contributed by atoms with E-state index < -0.39 is 18.1 Å². The van der Waals surface area contributed by atoms with Gasteiger partial charge in [-0.3, -0.25) is 14.4 Å². The van der Waals surface area contributed by atoms with E-state index in [1.165, 1.54) is 0 Å². The van der Waals surface area contributed by atoms with Gasteiger partial charge in [-0.05, 0) is 45.2 Å². The van der Waals surface area contributed by atoms with Crippen LogP contribution in [0.3, 0.4) is 0 Å². The zero-order chi connectivity index (χ0) is 22.3. The van der Waals surface area contributed by atoms with Crippen LogP contribution < -0.4 is 16.0 Å². The summed E-state index contributed by atoms with van der Waals surface area (Å²) >= 11 is 0. The molecule has 1 heterocycles. The van der Waals surface area contributed by atoms with E-state index in [4.69, 9.17) is 0 Å². The standard InChI is InChI=1S/C23H36N4O3/c1-6-15(2)20(26-21(28)17(4)24-5)23(30)27-14-10-13-19(27)22(29)25-16(3)18-11-8-7-9-12-18/h7-9,11-12,15-17,19-20,24H,6,10,13-14H2,1-5H3,(H,25,29)(H,26,28)/t15-,16-,17+,19+,20+/m1/s1. The van der Waals surface area contributed by atoms with E-state index in [-0.39, 0.29) is 29.7 Å². The third kappa shape index (κ3) is 5.81. The van der Waals surface area contributed by atoms with Gasteiger partial charge < -0.3 is 20.9 Å². The number of hydrogen-bond donors (Lipinski definition) is 3. The fourth-order valence-electron chi connectivity index (χ4n) is 3.71. The molecule has 0 radical (unpaired) electrons. The molecule has 1 aliphatic heterocycles. The van der Waals surface area contributed by atoms with Gasteiger partial charge in [0.15, 0.2) is 0 Å². The molecule has 1 aromatic rings. The van der Waals surface area contributed by atoms with Crippen LogP contribution >= 0.6 is 0 Å². The summed E-state index contributed by atoms with van der Waals surface area (Å²) in [5.41, 5.74) is 1.02. The van der Waals surface area contributed by atoms with Gasteiger partial charge in [0.1, 0.15) is 12.1 Å². The highest BCUT2D eigenvalue weighted by molar-refractivity contribution is 5.93. The van der Waals surface area contributed by atoms with Crippen LogP contribution in [-0.2, 0) is 14.4 Å². The van der Waals surface area contributed by atoms with E-state index >= 15 is 0 Å². The number of nitrogens with one attached hydrogen (secondary N) is 3. The lowest BCUT2D eigenvalue weighted by atomic mass is 9.97. The van der Waals surface area contributed by atoms with E-state index in [0.29, 0.717) is 13.0 Å². The predicted molar refractivity (Wildman–Crippen MR) is 118 cm³/mol. The van der Waals surface area contributed by atoms with Gasteiger partial charge in [-0.25, -0.2) is 0 Å². The van der Waals surface area contributed by atoms with Crippen molar-refractivity contribution in [2.45, 2.75) is 71.1 Å². The van der Waals surface area contributed by atoms with Gasteiger partial charge in [0.25, 0.3) is 0 Å². The lowest BCUT2D eigenvalue weighted by molar-refractivity contribution is -0.143. The van der Waals surface area contributed by atoms with Crippen LogP contribution in [0.1, 0.15) is 58.6 Å². The first-order valence-corrected chi connectivity index (χ1v) is 10.9. The van der Waals surface area contributed by atoms with Gasteiger partial charge in [-0.15, -0.1) is 0 Å². The maximum atomic E-state index is 13.4. The molecule has 7 nitrogen and oxygen atoms in total. The molecule has 0 aromatic heterocycles. The average molecular weight is 417 g/mol. The number of amides is 3. The fourth-order valence-corrected chi connectivity index (χ4v) is 3.71. The lowest BCUT2D eigenvalue weighted by Gasteiger charge is -2.32. The number of likely N-dealkylation sites (tertiary alicyclic amines) is 1. The van der Waals surface area contributed by atoms with Crippen molar-refractivity contribution in [2.24, 2.45) is 5.92 Å². The Labute approximate surface area is 180 Å². The van der Waals surface area contributed by atoms with Crippen LogP contribution in [0.5, 0.6) is 0 Å². The quantitative estimate of drug-likeness (QED) is 0.574. The summed E-state index contributed by atoms with van der Waals surface area (Å²) in [6.07, 6.45) is 2.16. The molecule has 0 bridgehead atoms. The Balaban J connectivity index is 2.11. The molecular formula is C23H36N4O3. The van der Waals surface area contributed by atoms with Gasteiger partial charge in [0.2, 0.25) is 17.7 Å². The Hall–Kier alpha value is -2.41. The lowest BCUT2D eigenvalue weighted by Crippen LogP contribution is -2.57. The molecular weight excluding hydrogens is 380 g/mol. The second-order valence-electron chi connectivity index (χ2n) is 8.21. The summed E-state index contributed by atoms with van der Waals surface area (Å²) in [7, 11) is 1.71. The largest absolute Gasteiger partial charge is 0.348 e. The molecule has 0 unspecified atom stereocenters. The molecule has 0 spiro atoms. The normalized spacial score (nSPS) is 20.2. The summed E-state index contributed by atoms with van der Waals surface area (Å²) in [4.78, 5) is 40.4. The van der Waals surface area contributed by atoms with Gasteiger partial charge in [-0.1, -0.05) is 50.6 Å². The van der Waals surface area contributed by atoms with E-state index in [9.17, 15) is 14.4 Å². The van der Waals surface area contributed by atoms with E-state index in [2.05, 4.69) is 16.0 Å². The molecule has 1 aromatic carbocycles. The Morgan fingerprint density at radius 2 is 1.77 bits per heavy atom. The third-order valence-corrected chi connectivity index (χ3v) is 6.10. The highest BCUT2D eigenvalue weighted by Crippen LogP contribution is 2.22. The van der Waals surface area contributed by atoms with Crippen LogP contribution in [0, 0.1) is 5.92 Å². The highest BCUT2D eigenvalue weighted by Gasteiger charge is 2.39. The van der Waals surface area contributed by atoms with Crippen LogP contribution in [-0.4, -0.2) is 54.3 Å². The molecule has 1 saturated heterocycles. The van der Waals surface area contributed by atoms with Crippen molar-refractivity contribution >= 4 is 17.7 Å². The summed E-state index contributed by atoms with van der Waals surface area (Å²) in [5, 5.41) is 8.84. The second kappa shape index (κ2) is 11.1. The first-order chi connectivity index (χ1) is 14.3. The molecule has 3 amide bonds. The van der Waals surface area contributed by atoms with Crippen molar-refractivity contribution in [1.82, 2.24) is 20.9 Å². The monoisotopic (exact) mass is 416 g/mol. The maximum Gasteiger partial charge on any atom is 0.246 e. The molecule has 0 aliphatic carbocycles. The number of carbonyl (C=O) groups excluding carboxylic acids is 3. The first kappa shape index (κ1) is 23.9. The minimum atomic E-state index is -0.641. The molecule has 30 heavy (non-hydrogen) atoms. The van der Waals surface area contributed by atoms with Crippen molar-refractivity contribution < 1.29 is 14.4 Å². The van der Waals surface area contributed by atoms with Crippen LogP contribution in [0.25, 0.3) is 0 Å². The molecule has 1 aliphatic rings. The zero-order valence-electron chi connectivity index (χ0n) is 18.8. The Kier molecular flexibility index (Phi) is 8.84. The van der Waals surface area contributed by atoms with Crippen LogP contribution in [0.2, 0.25) is 0 Å². The fraction of sp³-hybridized carbons (Fsp3) is 0.609. The minimum Gasteiger partial charge on any atom is -0.348 e. The van der Waals surface area contributed by atoms with Crippen molar-refractivity contribution in [3.05, 3.63) is 35.9 Å². The number of carbonyl (C=O) groups is 3. The Morgan fingerprint density at radius 1 is 1.10 bits per heavy atom. The van der Waals surface area contributed by atoms with Crippen molar-refractivity contribution in [3.8, 4) is 0 Å². The second-order valence-corrected chi connectivity index (χ2v) is 8.21. The van der Waals surface area contributed by atoms with Gasteiger partial charge in [0, 0.05) is 6.54 Å². The average Bonchev–Trinajstić information content (AvgIpc) is 3.26. The minimum absolute atomic E-state index is 0.0296. The maximum absolute atomic E-state index is 13.4. The van der Waals surface area contributed by atoms with Gasteiger partial charge in [-0.2, -0.15) is 0 Å². The molecule has 5 atom stereocenters. The molecule has 166 valence electrons. The summed E-state index contributed by atoms with van der Waals surface area (Å²) in [6.45, 7) is 8.17. The van der Waals surface area contributed by atoms with Crippen molar-refractivity contribution in [3.63, 3.8) is 0 Å². The number of likely N-dealkylation sites (N-methyl/N-ethyl adjacent to an activating group) is 1.